The van der Waals surface area contributed by atoms with Gasteiger partial charge in [0.1, 0.15) is 4.21 Å². The van der Waals surface area contributed by atoms with Crippen molar-refractivity contribution in [1.29, 1.82) is 0 Å². The van der Waals surface area contributed by atoms with Gasteiger partial charge in [0.15, 0.2) is 9.84 Å². The molecule has 0 bridgehead atoms. The van der Waals surface area contributed by atoms with Crippen LogP contribution in [0.15, 0.2) is 45.5 Å². The number of thiophene rings is 1. The number of carbonyl (C=O) groups excluding carboxylic acids is 1. The molecule has 3 N–H and O–H groups in total. The molecule has 184 valence electrons. The van der Waals surface area contributed by atoms with Crippen LogP contribution in [-0.2, 0) is 36.4 Å². The summed E-state index contributed by atoms with van der Waals surface area (Å²) in [6.07, 6.45) is 1.96. The maximum absolute atomic E-state index is 12.5. The van der Waals surface area contributed by atoms with Crippen molar-refractivity contribution in [3.8, 4) is 0 Å². The molecule has 13 heteroatoms. The fourth-order valence-corrected chi connectivity index (χ4v) is 7.15. The molecular weight excluding hydrogens is 508 g/mol. The van der Waals surface area contributed by atoms with Crippen LogP contribution in [0.2, 0.25) is 0 Å². The number of aliphatic hydroxyl groups excluding tert-OH is 1. The van der Waals surface area contributed by atoms with Crippen molar-refractivity contribution in [1.82, 2.24) is 10.0 Å². The van der Waals surface area contributed by atoms with Crippen LogP contribution in [0.25, 0.3) is 0 Å². The maximum atomic E-state index is 12.5. The van der Waals surface area contributed by atoms with E-state index in [1.54, 1.807) is 19.1 Å². The molecule has 2 aromatic rings. The third-order valence-corrected chi connectivity index (χ3v) is 10.4. The lowest BCUT2D eigenvalue weighted by molar-refractivity contribution is 0.0957. The lowest BCUT2D eigenvalue weighted by Gasteiger charge is -2.15. The van der Waals surface area contributed by atoms with E-state index in [2.05, 4.69) is 10.0 Å². The summed E-state index contributed by atoms with van der Waals surface area (Å²) in [5, 5.41) is 11.9. The Kier molecular flexibility index (Phi) is 10.2. The molecule has 0 spiro atoms. The van der Waals surface area contributed by atoms with E-state index in [0.29, 0.717) is 24.2 Å². The molecule has 0 saturated carbocycles. The zero-order valence-corrected chi connectivity index (χ0v) is 21.6. The first-order valence-corrected chi connectivity index (χ1v) is 15.8. The summed E-state index contributed by atoms with van der Waals surface area (Å²) in [4.78, 5) is 12.5. The molecule has 0 aliphatic carbocycles. The molecule has 0 fully saturated rings. The summed E-state index contributed by atoms with van der Waals surface area (Å²) in [5.41, 5.74) is 0.601. The molecule has 2 atom stereocenters. The Morgan fingerprint density at radius 3 is 2.52 bits per heavy atom. The molecule has 1 heterocycles. The smallest absolute Gasteiger partial charge is 0.261 e. The number of carbonyl (C=O) groups is 1. The highest BCUT2D eigenvalue weighted by molar-refractivity contribution is 7.92. The summed E-state index contributed by atoms with van der Waals surface area (Å²) >= 11 is 0.895. The highest BCUT2D eigenvalue weighted by Crippen LogP contribution is 2.21. The van der Waals surface area contributed by atoms with Crippen LogP contribution >= 0.6 is 11.3 Å². The number of sulfonamides is 1. The number of rotatable bonds is 13. The van der Waals surface area contributed by atoms with Gasteiger partial charge in [-0.1, -0.05) is 19.1 Å². The Labute approximate surface area is 201 Å². The number of aliphatic hydroxyl groups is 1. The second-order valence-corrected chi connectivity index (χ2v) is 14.0. The summed E-state index contributed by atoms with van der Waals surface area (Å²) in [6, 6.07) is 8.44. The minimum absolute atomic E-state index is 0.0422. The number of nitrogens with one attached hydrogen (secondary N) is 2. The summed E-state index contributed by atoms with van der Waals surface area (Å²) in [6.45, 7) is 1.73. The van der Waals surface area contributed by atoms with Crippen molar-refractivity contribution in [2.75, 3.05) is 25.2 Å². The third-order valence-electron chi connectivity index (χ3n) is 4.58. The van der Waals surface area contributed by atoms with Crippen LogP contribution in [0, 0.1) is 0 Å². The number of amides is 1. The van der Waals surface area contributed by atoms with E-state index in [1.807, 2.05) is 0 Å². The summed E-state index contributed by atoms with van der Waals surface area (Å²) in [5.74, 6) is 0.0769. The minimum atomic E-state index is -3.80. The zero-order valence-electron chi connectivity index (χ0n) is 18.3. The van der Waals surface area contributed by atoms with E-state index in [9.17, 15) is 30.9 Å². The second-order valence-electron chi connectivity index (χ2n) is 7.35. The largest absolute Gasteiger partial charge is 0.395 e. The van der Waals surface area contributed by atoms with Crippen LogP contribution in [-0.4, -0.2) is 63.3 Å². The van der Waals surface area contributed by atoms with Crippen LogP contribution in [0.5, 0.6) is 0 Å². The molecule has 0 aliphatic heterocycles. The van der Waals surface area contributed by atoms with Crippen molar-refractivity contribution in [3.63, 3.8) is 0 Å². The monoisotopic (exact) mass is 536 g/mol. The Morgan fingerprint density at radius 1 is 1.18 bits per heavy atom. The summed E-state index contributed by atoms with van der Waals surface area (Å²) in [7, 11) is -8.43. The Hall–Kier alpha value is -1.64. The molecule has 33 heavy (non-hydrogen) atoms. The highest BCUT2D eigenvalue weighted by Gasteiger charge is 2.19. The molecule has 1 aromatic carbocycles. The average molecular weight is 537 g/mol. The molecule has 2 rings (SSSR count). The molecule has 9 nitrogen and oxygen atoms in total. The lowest BCUT2D eigenvalue weighted by atomic mass is 10.2. The lowest BCUT2D eigenvalue weighted by Crippen LogP contribution is -2.36. The minimum Gasteiger partial charge on any atom is -0.395 e. The first kappa shape index (κ1) is 27.6. The van der Waals surface area contributed by atoms with Gasteiger partial charge < -0.3 is 10.4 Å². The zero-order chi connectivity index (χ0) is 24.6. The fourth-order valence-electron chi connectivity index (χ4n) is 2.76. The molecular formula is C20H28N2O7S4. The van der Waals surface area contributed by atoms with Crippen molar-refractivity contribution in [3.05, 3.63) is 46.8 Å². The van der Waals surface area contributed by atoms with E-state index < -0.39 is 36.7 Å². The Bertz CT molecular complexity index is 1190. The summed E-state index contributed by atoms with van der Waals surface area (Å²) < 4.78 is 62.9. The Balaban J connectivity index is 1.85. The van der Waals surface area contributed by atoms with Gasteiger partial charge in [0.2, 0.25) is 10.0 Å². The topological polar surface area (TPSA) is 147 Å². The van der Waals surface area contributed by atoms with E-state index in [-0.39, 0.29) is 38.8 Å². The van der Waals surface area contributed by atoms with Crippen LogP contribution in [0.4, 0.5) is 0 Å². The van der Waals surface area contributed by atoms with Crippen molar-refractivity contribution in [2.24, 2.45) is 0 Å². The number of hydrogen-bond donors (Lipinski definition) is 3. The van der Waals surface area contributed by atoms with Crippen molar-refractivity contribution in [2.45, 2.75) is 40.7 Å². The highest BCUT2D eigenvalue weighted by atomic mass is 32.2. The van der Waals surface area contributed by atoms with Crippen LogP contribution in [0.1, 0.15) is 35.0 Å². The van der Waals surface area contributed by atoms with Gasteiger partial charge in [-0.05, 0) is 42.7 Å². The van der Waals surface area contributed by atoms with Gasteiger partial charge in [-0.15, -0.1) is 11.3 Å². The van der Waals surface area contributed by atoms with Gasteiger partial charge in [-0.25, -0.2) is 21.6 Å². The Morgan fingerprint density at radius 2 is 1.91 bits per heavy atom. The predicted molar refractivity (Wildman–Crippen MR) is 129 cm³/mol. The van der Waals surface area contributed by atoms with Gasteiger partial charge in [-0.2, -0.15) is 0 Å². The van der Waals surface area contributed by atoms with Gasteiger partial charge in [0, 0.05) is 41.1 Å². The average Bonchev–Trinajstić information content (AvgIpc) is 3.26. The van der Waals surface area contributed by atoms with Crippen molar-refractivity contribution >= 4 is 47.9 Å². The standard InChI is InChI=1S/C20H28N2O7S4/c1-3-16(13-23)22-33(28,29)17-7-4-6-15(12-17)14-31(25)11-5-10-21-20(24)18-8-9-19(30-18)32(2,26)27/h4,6-9,12,16,22-23H,3,5,10-11,13-14H2,1-2H3,(H,21,24)/t16-,31?/m0/s1. The third kappa shape index (κ3) is 8.58. The maximum Gasteiger partial charge on any atom is 0.261 e. The first-order valence-electron chi connectivity index (χ1n) is 10.1. The number of hydrogen-bond acceptors (Lipinski definition) is 8. The molecule has 1 aromatic heterocycles. The van der Waals surface area contributed by atoms with Crippen molar-refractivity contribution < 1.29 is 30.9 Å². The number of sulfone groups is 1. The van der Waals surface area contributed by atoms with E-state index in [4.69, 9.17) is 0 Å². The molecule has 0 aliphatic rings. The van der Waals surface area contributed by atoms with Gasteiger partial charge in [0.05, 0.1) is 16.4 Å². The molecule has 1 unspecified atom stereocenters. The predicted octanol–water partition coefficient (Wildman–Crippen LogP) is 1.27. The normalized spacial score (nSPS) is 14.0. The van der Waals surface area contributed by atoms with Crippen LogP contribution < -0.4 is 10.0 Å². The molecule has 0 radical (unpaired) electrons. The SMILES string of the molecule is CC[C@@H](CO)NS(=O)(=O)c1cccc(CS(=O)CCCNC(=O)c2ccc(S(C)(=O)=O)s2)c1. The van der Waals surface area contributed by atoms with Gasteiger partial charge in [-0.3, -0.25) is 9.00 Å². The molecule has 1 amide bonds. The number of benzene rings is 1. The quantitative estimate of drug-likeness (QED) is 0.327. The van der Waals surface area contributed by atoms with Crippen LogP contribution in [0.3, 0.4) is 0 Å². The van der Waals surface area contributed by atoms with Gasteiger partial charge >= 0.3 is 0 Å². The van der Waals surface area contributed by atoms with E-state index in [1.165, 1.54) is 24.3 Å². The second kappa shape index (κ2) is 12.2. The fraction of sp³-hybridized carbons (Fsp3) is 0.450. The molecule has 0 saturated heterocycles. The van der Waals surface area contributed by atoms with E-state index >= 15 is 0 Å². The first-order chi connectivity index (χ1) is 15.5. The van der Waals surface area contributed by atoms with E-state index in [0.717, 1.165) is 17.6 Å². The van der Waals surface area contributed by atoms with Gasteiger partial charge in [0.25, 0.3) is 5.91 Å².